The molecule has 1 unspecified atom stereocenters. The van der Waals surface area contributed by atoms with Crippen LogP contribution in [0, 0.1) is 13.8 Å². The second-order valence-electron chi connectivity index (χ2n) is 4.06. The summed E-state index contributed by atoms with van der Waals surface area (Å²) in [7, 11) is 1.99. The van der Waals surface area contributed by atoms with Crippen molar-refractivity contribution in [1.29, 1.82) is 0 Å². The first-order valence-corrected chi connectivity index (χ1v) is 7.08. The molecule has 4 heteroatoms. The highest BCUT2D eigenvalue weighted by Gasteiger charge is 2.17. The van der Waals surface area contributed by atoms with Gasteiger partial charge in [-0.25, -0.2) is 0 Å². The molecule has 90 valence electrons. The van der Waals surface area contributed by atoms with Crippen LogP contribution in [0.15, 0.2) is 28.3 Å². The summed E-state index contributed by atoms with van der Waals surface area (Å²) in [5, 5.41) is 3.37. The molecule has 2 aromatic rings. The molecule has 0 bridgehead atoms. The maximum Gasteiger partial charge on any atom is 0.0731 e. The van der Waals surface area contributed by atoms with Gasteiger partial charge in [0, 0.05) is 17.3 Å². The van der Waals surface area contributed by atoms with E-state index in [0.29, 0.717) is 0 Å². The second-order valence-corrected chi connectivity index (χ2v) is 6.46. The van der Waals surface area contributed by atoms with Crippen molar-refractivity contribution in [3.05, 3.63) is 49.9 Å². The Hall–Kier alpha value is -0.710. The van der Waals surface area contributed by atoms with E-state index in [2.05, 4.69) is 52.2 Å². The monoisotopic (exact) mass is 310 g/mol. The van der Waals surface area contributed by atoms with E-state index in [1.807, 2.05) is 19.4 Å². The first-order valence-electron chi connectivity index (χ1n) is 5.47. The van der Waals surface area contributed by atoms with Gasteiger partial charge in [0.05, 0.1) is 9.83 Å². The Balaban J connectivity index is 2.44. The molecule has 2 nitrogen and oxygen atoms in total. The molecule has 0 saturated carbocycles. The fourth-order valence-corrected chi connectivity index (χ4v) is 3.56. The number of hydrogen-bond acceptors (Lipinski definition) is 3. The van der Waals surface area contributed by atoms with Crippen LogP contribution >= 0.6 is 27.3 Å². The lowest BCUT2D eigenvalue weighted by Crippen LogP contribution is -2.17. The number of nitrogens with one attached hydrogen (secondary N) is 1. The molecule has 0 amide bonds. The van der Waals surface area contributed by atoms with Crippen LogP contribution in [0.2, 0.25) is 0 Å². The van der Waals surface area contributed by atoms with Crippen LogP contribution in [0.5, 0.6) is 0 Å². The van der Waals surface area contributed by atoms with Gasteiger partial charge in [-0.15, -0.1) is 11.3 Å². The number of thiophene rings is 1. The van der Waals surface area contributed by atoms with Crippen molar-refractivity contribution >= 4 is 27.3 Å². The molecule has 0 aromatic carbocycles. The largest absolute Gasteiger partial charge is 0.309 e. The topological polar surface area (TPSA) is 24.9 Å². The molecule has 0 fully saturated rings. The SMILES string of the molecule is CNC(c1cc(C)c(Br)s1)c1cnccc1C. The van der Waals surface area contributed by atoms with E-state index in [-0.39, 0.29) is 6.04 Å². The van der Waals surface area contributed by atoms with Crippen molar-refractivity contribution in [2.45, 2.75) is 19.9 Å². The van der Waals surface area contributed by atoms with E-state index in [0.717, 1.165) is 0 Å². The Morgan fingerprint density at radius 3 is 2.65 bits per heavy atom. The third kappa shape index (κ3) is 2.59. The van der Waals surface area contributed by atoms with Crippen LogP contribution < -0.4 is 5.32 Å². The Bertz CT molecular complexity index is 502. The third-order valence-corrected chi connectivity index (χ3v) is 5.04. The van der Waals surface area contributed by atoms with Crippen molar-refractivity contribution in [2.75, 3.05) is 7.05 Å². The van der Waals surface area contributed by atoms with Gasteiger partial charge in [0.25, 0.3) is 0 Å². The van der Waals surface area contributed by atoms with Crippen LogP contribution in [0.4, 0.5) is 0 Å². The minimum Gasteiger partial charge on any atom is -0.309 e. The first kappa shape index (κ1) is 12.7. The molecule has 0 aliphatic carbocycles. The number of aryl methyl sites for hydroxylation is 2. The standard InChI is InChI=1S/C13H15BrN2S/c1-8-4-5-16-7-10(8)12(15-3)11-6-9(2)13(14)17-11/h4-7,12,15H,1-3H3. The average molecular weight is 311 g/mol. The summed E-state index contributed by atoms with van der Waals surface area (Å²) < 4.78 is 1.20. The summed E-state index contributed by atoms with van der Waals surface area (Å²) in [4.78, 5) is 5.53. The first-order chi connectivity index (χ1) is 8.13. The molecule has 2 heterocycles. The average Bonchev–Trinajstić information content (AvgIpc) is 2.63. The molecule has 0 aliphatic heterocycles. The van der Waals surface area contributed by atoms with Crippen LogP contribution in [0.25, 0.3) is 0 Å². The van der Waals surface area contributed by atoms with E-state index in [4.69, 9.17) is 0 Å². The Labute approximate surface area is 114 Å². The van der Waals surface area contributed by atoms with Gasteiger partial charge >= 0.3 is 0 Å². The predicted octanol–water partition coefficient (Wildman–Crippen LogP) is 3.83. The Morgan fingerprint density at radius 1 is 1.35 bits per heavy atom. The van der Waals surface area contributed by atoms with Gasteiger partial charge in [-0.05, 0) is 65.6 Å². The van der Waals surface area contributed by atoms with Gasteiger partial charge in [-0.1, -0.05) is 0 Å². The number of pyridine rings is 1. The third-order valence-electron chi connectivity index (χ3n) is 2.84. The van der Waals surface area contributed by atoms with Gasteiger partial charge in [-0.2, -0.15) is 0 Å². The zero-order valence-electron chi connectivity index (χ0n) is 10.1. The molecule has 2 aromatic heterocycles. The fourth-order valence-electron chi connectivity index (χ4n) is 1.86. The number of aromatic nitrogens is 1. The van der Waals surface area contributed by atoms with Crippen molar-refractivity contribution in [3.63, 3.8) is 0 Å². The summed E-state index contributed by atoms with van der Waals surface area (Å²) >= 11 is 5.36. The minimum absolute atomic E-state index is 0.221. The van der Waals surface area contributed by atoms with Gasteiger partial charge < -0.3 is 5.32 Å². The predicted molar refractivity (Wildman–Crippen MR) is 76.6 cm³/mol. The van der Waals surface area contributed by atoms with Crippen LogP contribution in [0.3, 0.4) is 0 Å². The number of hydrogen-bond donors (Lipinski definition) is 1. The van der Waals surface area contributed by atoms with E-state index in [1.54, 1.807) is 11.3 Å². The Morgan fingerprint density at radius 2 is 2.12 bits per heavy atom. The molecule has 0 saturated heterocycles. The van der Waals surface area contributed by atoms with E-state index in [9.17, 15) is 0 Å². The molecular formula is C13H15BrN2S. The maximum absolute atomic E-state index is 4.22. The molecular weight excluding hydrogens is 296 g/mol. The van der Waals surface area contributed by atoms with Crippen LogP contribution in [-0.4, -0.2) is 12.0 Å². The van der Waals surface area contributed by atoms with Crippen molar-refractivity contribution in [3.8, 4) is 0 Å². The summed E-state index contributed by atoms with van der Waals surface area (Å²) in [6.45, 7) is 4.24. The highest BCUT2D eigenvalue weighted by atomic mass is 79.9. The molecule has 0 radical (unpaired) electrons. The normalized spacial score (nSPS) is 12.7. The van der Waals surface area contributed by atoms with Crippen LogP contribution in [-0.2, 0) is 0 Å². The van der Waals surface area contributed by atoms with E-state index < -0.39 is 0 Å². The van der Waals surface area contributed by atoms with Crippen molar-refractivity contribution in [2.24, 2.45) is 0 Å². The number of nitrogens with zero attached hydrogens (tertiary/aromatic N) is 1. The summed E-state index contributed by atoms with van der Waals surface area (Å²) in [6, 6.07) is 4.50. The molecule has 1 atom stereocenters. The summed E-state index contributed by atoms with van der Waals surface area (Å²) in [5.41, 5.74) is 3.79. The lowest BCUT2D eigenvalue weighted by molar-refractivity contribution is 0.695. The Kier molecular flexibility index (Phi) is 3.97. The van der Waals surface area contributed by atoms with E-state index >= 15 is 0 Å². The van der Waals surface area contributed by atoms with Gasteiger partial charge in [0.2, 0.25) is 0 Å². The molecule has 17 heavy (non-hydrogen) atoms. The zero-order valence-corrected chi connectivity index (χ0v) is 12.5. The lowest BCUT2D eigenvalue weighted by Gasteiger charge is -2.16. The summed E-state index contributed by atoms with van der Waals surface area (Å²) in [5.74, 6) is 0. The highest BCUT2D eigenvalue weighted by molar-refractivity contribution is 9.11. The van der Waals surface area contributed by atoms with Crippen LogP contribution in [0.1, 0.15) is 27.6 Å². The number of halogens is 1. The highest BCUT2D eigenvalue weighted by Crippen LogP contribution is 2.34. The molecule has 1 N–H and O–H groups in total. The van der Waals surface area contributed by atoms with Gasteiger partial charge in [0.1, 0.15) is 0 Å². The van der Waals surface area contributed by atoms with Gasteiger partial charge in [-0.3, -0.25) is 4.98 Å². The minimum atomic E-state index is 0.221. The maximum atomic E-state index is 4.22. The number of rotatable bonds is 3. The zero-order chi connectivity index (χ0) is 12.4. The quantitative estimate of drug-likeness (QED) is 0.932. The smallest absolute Gasteiger partial charge is 0.0731 e. The molecule has 0 aliphatic rings. The lowest BCUT2D eigenvalue weighted by atomic mass is 10.0. The molecule has 2 rings (SSSR count). The summed E-state index contributed by atoms with van der Waals surface area (Å²) in [6.07, 6.45) is 3.78. The van der Waals surface area contributed by atoms with Crippen molar-refractivity contribution in [1.82, 2.24) is 10.3 Å². The van der Waals surface area contributed by atoms with Crippen molar-refractivity contribution < 1.29 is 0 Å². The van der Waals surface area contributed by atoms with E-state index in [1.165, 1.54) is 25.4 Å². The second kappa shape index (κ2) is 5.29. The van der Waals surface area contributed by atoms with Gasteiger partial charge in [0.15, 0.2) is 0 Å². The fraction of sp³-hybridized carbons (Fsp3) is 0.308. The molecule has 0 spiro atoms.